The number of hydrogen-bond acceptors (Lipinski definition) is 3. The van der Waals surface area contributed by atoms with Crippen LogP contribution < -0.4 is 15.4 Å². The molecule has 0 aromatic heterocycles. The van der Waals surface area contributed by atoms with E-state index in [4.69, 9.17) is 0 Å². The zero-order valence-electron chi connectivity index (χ0n) is 15.4. The monoisotopic (exact) mass is 372 g/mol. The molecule has 1 aliphatic heterocycles. The molecule has 2 N–H and O–H groups in total. The van der Waals surface area contributed by atoms with Gasteiger partial charge in [-0.05, 0) is 38.8 Å². The van der Waals surface area contributed by atoms with Gasteiger partial charge in [0.1, 0.15) is 11.6 Å². The van der Waals surface area contributed by atoms with Gasteiger partial charge < -0.3 is 20.3 Å². The van der Waals surface area contributed by atoms with Crippen molar-refractivity contribution in [1.82, 2.24) is 15.5 Å². The highest BCUT2D eigenvalue weighted by molar-refractivity contribution is 5.80. The summed E-state index contributed by atoms with van der Waals surface area (Å²) >= 11 is 0. The van der Waals surface area contributed by atoms with Gasteiger partial charge >= 0.3 is 6.61 Å². The first-order valence-corrected chi connectivity index (χ1v) is 8.84. The molecule has 0 unspecified atom stereocenters. The van der Waals surface area contributed by atoms with Crippen LogP contribution in [-0.4, -0.2) is 49.7 Å². The third-order valence-corrected chi connectivity index (χ3v) is 4.55. The lowest BCUT2D eigenvalue weighted by atomic mass is 10.0. The molecule has 0 atom stereocenters. The summed E-state index contributed by atoms with van der Waals surface area (Å²) in [6, 6.07) is 4.68. The second-order valence-electron chi connectivity index (χ2n) is 6.57. The van der Waals surface area contributed by atoms with Crippen LogP contribution in [0.3, 0.4) is 0 Å². The van der Waals surface area contributed by atoms with Crippen molar-refractivity contribution < 1.29 is 17.9 Å². The number of guanidine groups is 1. The van der Waals surface area contributed by atoms with E-state index in [9.17, 15) is 13.2 Å². The van der Waals surface area contributed by atoms with Gasteiger partial charge in [-0.3, -0.25) is 4.99 Å². The van der Waals surface area contributed by atoms with E-state index < -0.39 is 12.4 Å². The van der Waals surface area contributed by atoms with Gasteiger partial charge in [-0.1, -0.05) is 6.07 Å². The highest BCUT2D eigenvalue weighted by atomic mass is 19.3. The van der Waals surface area contributed by atoms with Crippen molar-refractivity contribution in [2.24, 2.45) is 4.99 Å². The number of ether oxygens (including phenoxy) is 1. The third kappa shape index (κ3) is 5.79. The van der Waals surface area contributed by atoms with E-state index in [1.165, 1.54) is 18.2 Å². The van der Waals surface area contributed by atoms with Crippen molar-refractivity contribution in [3.63, 3.8) is 0 Å². The molecule has 0 aliphatic carbocycles. The number of aliphatic imine (C=N–C) groups is 1. The maximum atomic E-state index is 14.0. The Morgan fingerprint density at radius 3 is 2.58 bits per heavy atom. The molecule has 0 radical (unpaired) electrons. The summed E-state index contributed by atoms with van der Waals surface area (Å²) in [6.45, 7) is 3.37. The van der Waals surface area contributed by atoms with E-state index in [-0.39, 0.29) is 23.9 Å². The molecule has 0 saturated carbocycles. The lowest BCUT2D eigenvalue weighted by Gasteiger charge is -2.35. The molecule has 1 aromatic rings. The Morgan fingerprint density at radius 2 is 2.00 bits per heavy atom. The Balaban J connectivity index is 1.92. The van der Waals surface area contributed by atoms with E-state index >= 15 is 0 Å². The van der Waals surface area contributed by atoms with Gasteiger partial charge in [-0.2, -0.15) is 8.78 Å². The van der Waals surface area contributed by atoms with Gasteiger partial charge in [0.25, 0.3) is 0 Å². The number of likely N-dealkylation sites (tertiary alicyclic amines) is 1. The lowest BCUT2D eigenvalue weighted by Crippen LogP contribution is -2.49. The SMILES string of the molecule is CN=C(NCc1c(F)cccc1OC(F)F)NC1CCN(C(C)C)CC1. The third-order valence-electron chi connectivity index (χ3n) is 4.55. The zero-order chi connectivity index (χ0) is 19.1. The predicted molar refractivity (Wildman–Crippen MR) is 96.1 cm³/mol. The highest BCUT2D eigenvalue weighted by Gasteiger charge is 2.21. The minimum absolute atomic E-state index is 0.000755. The molecule has 146 valence electrons. The average Bonchev–Trinajstić information content (AvgIpc) is 2.60. The first-order valence-electron chi connectivity index (χ1n) is 8.84. The Bertz CT molecular complexity index is 602. The van der Waals surface area contributed by atoms with Crippen molar-refractivity contribution in [2.45, 2.75) is 51.9 Å². The summed E-state index contributed by atoms with van der Waals surface area (Å²) in [7, 11) is 1.62. The fourth-order valence-corrected chi connectivity index (χ4v) is 3.04. The maximum Gasteiger partial charge on any atom is 0.387 e. The molecule has 2 rings (SSSR count). The van der Waals surface area contributed by atoms with E-state index in [1.807, 2.05) is 0 Å². The number of piperidine rings is 1. The normalized spacial score (nSPS) is 17.0. The van der Waals surface area contributed by atoms with Crippen molar-refractivity contribution in [2.75, 3.05) is 20.1 Å². The summed E-state index contributed by atoms with van der Waals surface area (Å²) in [5.74, 6) is -0.260. The molecule has 1 fully saturated rings. The van der Waals surface area contributed by atoms with Gasteiger partial charge in [0.2, 0.25) is 0 Å². The Kier molecular flexibility index (Phi) is 7.56. The molecule has 26 heavy (non-hydrogen) atoms. The van der Waals surface area contributed by atoms with Crippen molar-refractivity contribution in [3.8, 4) is 5.75 Å². The van der Waals surface area contributed by atoms with Crippen LogP contribution >= 0.6 is 0 Å². The van der Waals surface area contributed by atoms with E-state index in [1.54, 1.807) is 7.05 Å². The number of hydrogen-bond donors (Lipinski definition) is 2. The van der Waals surface area contributed by atoms with Crippen LogP contribution in [0.1, 0.15) is 32.3 Å². The van der Waals surface area contributed by atoms with Gasteiger partial charge in [-0.15, -0.1) is 0 Å². The number of rotatable bonds is 6. The molecular weight excluding hydrogens is 345 g/mol. The lowest BCUT2D eigenvalue weighted by molar-refractivity contribution is -0.0506. The predicted octanol–water partition coefficient (Wildman–Crippen LogP) is 2.96. The largest absolute Gasteiger partial charge is 0.434 e. The Morgan fingerprint density at radius 1 is 1.31 bits per heavy atom. The van der Waals surface area contributed by atoms with Gasteiger partial charge in [0.15, 0.2) is 5.96 Å². The molecule has 8 heteroatoms. The molecular formula is C18H27F3N4O. The van der Waals surface area contributed by atoms with Crippen molar-refractivity contribution in [3.05, 3.63) is 29.6 Å². The quantitative estimate of drug-likeness (QED) is 0.595. The number of nitrogens with one attached hydrogen (secondary N) is 2. The zero-order valence-corrected chi connectivity index (χ0v) is 15.4. The summed E-state index contributed by atoms with van der Waals surface area (Å²) in [5.41, 5.74) is 0.0466. The minimum atomic E-state index is -3.00. The number of benzene rings is 1. The van der Waals surface area contributed by atoms with Crippen LogP contribution in [0, 0.1) is 5.82 Å². The highest BCUT2D eigenvalue weighted by Crippen LogP contribution is 2.23. The summed E-state index contributed by atoms with van der Waals surface area (Å²) in [6.07, 6.45) is 1.97. The van der Waals surface area contributed by atoms with Gasteiger partial charge in [0.05, 0.1) is 0 Å². The Hall–Kier alpha value is -1.96. The minimum Gasteiger partial charge on any atom is -0.434 e. The number of halogens is 3. The van der Waals surface area contributed by atoms with Crippen molar-refractivity contribution in [1.29, 1.82) is 0 Å². The van der Waals surface area contributed by atoms with Crippen molar-refractivity contribution >= 4 is 5.96 Å². The number of nitrogens with zero attached hydrogens (tertiary/aromatic N) is 2. The molecule has 1 aliphatic rings. The summed E-state index contributed by atoms with van der Waals surface area (Å²) in [5, 5.41) is 6.30. The van der Waals surface area contributed by atoms with Gasteiger partial charge in [0, 0.05) is 44.3 Å². The van der Waals surface area contributed by atoms with Crippen LogP contribution in [0.4, 0.5) is 13.2 Å². The number of alkyl halides is 2. The molecule has 0 bridgehead atoms. The second kappa shape index (κ2) is 9.66. The maximum absolute atomic E-state index is 14.0. The summed E-state index contributed by atoms with van der Waals surface area (Å²) < 4.78 is 43.4. The van der Waals surface area contributed by atoms with Crippen LogP contribution in [0.15, 0.2) is 23.2 Å². The average molecular weight is 372 g/mol. The molecule has 1 saturated heterocycles. The summed E-state index contributed by atoms with van der Waals surface area (Å²) in [4.78, 5) is 6.56. The van der Waals surface area contributed by atoms with E-state index in [0.717, 1.165) is 25.9 Å². The van der Waals surface area contributed by atoms with E-state index in [0.29, 0.717) is 12.0 Å². The van der Waals surface area contributed by atoms with Crippen LogP contribution in [0.5, 0.6) is 5.75 Å². The topological polar surface area (TPSA) is 48.9 Å². The smallest absolute Gasteiger partial charge is 0.387 e. The molecule has 5 nitrogen and oxygen atoms in total. The fourth-order valence-electron chi connectivity index (χ4n) is 3.04. The molecule has 0 spiro atoms. The first kappa shape index (κ1) is 20.4. The van der Waals surface area contributed by atoms with Gasteiger partial charge in [-0.25, -0.2) is 4.39 Å². The van der Waals surface area contributed by atoms with Crippen LogP contribution in [-0.2, 0) is 6.54 Å². The van der Waals surface area contributed by atoms with Crippen LogP contribution in [0.2, 0.25) is 0 Å². The first-order chi connectivity index (χ1) is 12.4. The molecule has 1 heterocycles. The molecule has 1 aromatic carbocycles. The van der Waals surface area contributed by atoms with Crippen LogP contribution in [0.25, 0.3) is 0 Å². The molecule has 0 amide bonds. The standard InChI is InChI=1S/C18H27F3N4O/c1-12(2)25-9-7-13(8-10-25)24-18(22-3)23-11-14-15(19)5-4-6-16(14)26-17(20)21/h4-6,12-13,17H,7-11H2,1-3H3,(H2,22,23,24). The van der Waals surface area contributed by atoms with E-state index in [2.05, 4.69) is 39.1 Å². The fraction of sp³-hybridized carbons (Fsp3) is 0.611. The Labute approximate surface area is 152 Å². The second-order valence-corrected chi connectivity index (χ2v) is 6.57.